The molecular formula is C27H27FN4O3. The maximum atomic E-state index is 13.8. The minimum atomic E-state index is -1.72. The number of nitriles is 1. The van der Waals surface area contributed by atoms with Crippen LogP contribution in [-0.4, -0.2) is 36.5 Å². The molecule has 1 saturated carbocycles. The van der Waals surface area contributed by atoms with Crippen LogP contribution in [0.3, 0.4) is 0 Å². The summed E-state index contributed by atoms with van der Waals surface area (Å²) in [6.45, 7) is 4.05. The van der Waals surface area contributed by atoms with Gasteiger partial charge in [0, 0.05) is 34.0 Å². The van der Waals surface area contributed by atoms with Crippen molar-refractivity contribution in [2.75, 3.05) is 0 Å². The van der Waals surface area contributed by atoms with Crippen LogP contribution in [0.5, 0.6) is 0 Å². The van der Waals surface area contributed by atoms with Gasteiger partial charge in [0.15, 0.2) is 5.60 Å². The number of carbonyl (C=O) groups is 1. The number of aromatic nitrogens is 3. The maximum absolute atomic E-state index is 13.8. The molecule has 0 unspecified atom stereocenters. The number of nitrogens with zero attached hydrogens (tertiary/aromatic N) is 3. The number of carboxylic acids is 1. The fraction of sp³-hybridized carbons (Fsp3) is 0.370. The summed E-state index contributed by atoms with van der Waals surface area (Å²) >= 11 is 0. The first-order valence-corrected chi connectivity index (χ1v) is 11.8. The number of rotatable bonds is 5. The summed E-state index contributed by atoms with van der Waals surface area (Å²) in [7, 11) is 0. The Morgan fingerprint density at radius 3 is 2.60 bits per heavy atom. The standard InChI is InChI=1S/C27H27FN4O3/c1-26(2,11-12-29)24-23(16-7-9-27(35,10-8-16)25(33)34)20-14-21-17(15-30-31-21)13-22(20)32(24)19-5-3-18(28)4-6-19/h3-6,13-16,35H,7-11H2,1-2H3,(H,30,31)(H,33,34)/t16-,27+. The van der Waals surface area contributed by atoms with Crippen molar-refractivity contribution in [3.63, 3.8) is 0 Å². The Labute approximate surface area is 201 Å². The Morgan fingerprint density at radius 1 is 1.29 bits per heavy atom. The highest BCUT2D eigenvalue weighted by Crippen LogP contribution is 2.48. The third-order valence-electron chi connectivity index (χ3n) is 7.43. The normalized spacial score (nSPS) is 20.8. The molecule has 8 heteroatoms. The zero-order valence-corrected chi connectivity index (χ0v) is 19.7. The summed E-state index contributed by atoms with van der Waals surface area (Å²) in [4.78, 5) is 11.6. The van der Waals surface area contributed by atoms with E-state index < -0.39 is 17.0 Å². The van der Waals surface area contributed by atoms with Gasteiger partial charge in [0.05, 0.1) is 23.3 Å². The molecule has 0 atom stereocenters. The molecule has 3 N–H and O–H groups in total. The SMILES string of the molecule is CC(C)(CC#N)c1c([C@H]2CC[C@](O)(C(=O)O)CC2)c2cc3[nH]ncc3cc2n1-c1ccc(F)cc1. The molecule has 35 heavy (non-hydrogen) atoms. The predicted molar refractivity (Wildman–Crippen MR) is 130 cm³/mol. The second kappa shape index (κ2) is 8.21. The smallest absolute Gasteiger partial charge is 0.335 e. The minimum Gasteiger partial charge on any atom is -0.479 e. The Hall–Kier alpha value is -3.70. The number of aliphatic hydroxyl groups is 1. The summed E-state index contributed by atoms with van der Waals surface area (Å²) in [5, 5.41) is 38.9. The number of halogens is 1. The van der Waals surface area contributed by atoms with Crippen LogP contribution in [-0.2, 0) is 10.2 Å². The van der Waals surface area contributed by atoms with Crippen molar-refractivity contribution in [3.05, 3.63) is 59.7 Å². The lowest BCUT2D eigenvalue weighted by molar-refractivity contribution is -0.162. The average Bonchev–Trinajstić information content (AvgIpc) is 3.41. The number of nitrogens with one attached hydrogen (secondary N) is 1. The van der Waals surface area contributed by atoms with Crippen LogP contribution in [0.25, 0.3) is 27.5 Å². The first-order valence-electron chi connectivity index (χ1n) is 11.8. The van der Waals surface area contributed by atoms with Crippen LogP contribution in [0, 0.1) is 17.1 Å². The molecule has 0 radical (unpaired) electrons. The average molecular weight is 475 g/mol. The van der Waals surface area contributed by atoms with E-state index in [9.17, 15) is 24.7 Å². The van der Waals surface area contributed by atoms with Crippen LogP contribution in [0.2, 0.25) is 0 Å². The summed E-state index contributed by atoms with van der Waals surface area (Å²) < 4.78 is 15.9. The van der Waals surface area contributed by atoms with Gasteiger partial charge in [0.1, 0.15) is 5.82 Å². The van der Waals surface area contributed by atoms with E-state index in [2.05, 4.69) is 26.9 Å². The topological polar surface area (TPSA) is 115 Å². The van der Waals surface area contributed by atoms with E-state index in [0.717, 1.165) is 38.8 Å². The first kappa shape index (κ1) is 23.1. The molecule has 0 saturated heterocycles. The molecule has 0 bridgehead atoms. The van der Waals surface area contributed by atoms with Gasteiger partial charge in [-0.15, -0.1) is 0 Å². The van der Waals surface area contributed by atoms with Gasteiger partial charge in [-0.2, -0.15) is 10.4 Å². The van der Waals surface area contributed by atoms with E-state index in [1.807, 2.05) is 19.9 Å². The van der Waals surface area contributed by atoms with Crippen LogP contribution in [0.1, 0.15) is 63.1 Å². The maximum Gasteiger partial charge on any atom is 0.335 e. The number of carboxylic acid groups (broad SMARTS) is 1. The van der Waals surface area contributed by atoms with Crippen molar-refractivity contribution in [2.24, 2.45) is 0 Å². The van der Waals surface area contributed by atoms with Crippen molar-refractivity contribution in [1.82, 2.24) is 14.8 Å². The molecular weight excluding hydrogens is 447 g/mol. The second-order valence-corrected chi connectivity index (χ2v) is 10.2. The number of aliphatic carboxylic acids is 1. The fourth-order valence-electron chi connectivity index (χ4n) is 5.57. The number of hydrogen-bond acceptors (Lipinski definition) is 4. The molecule has 1 fully saturated rings. The van der Waals surface area contributed by atoms with Crippen molar-refractivity contribution in [2.45, 2.75) is 62.9 Å². The quantitative estimate of drug-likeness (QED) is 0.363. The summed E-state index contributed by atoms with van der Waals surface area (Å²) in [5.41, 5.74) is 2.30. The highest BCUT2D eigenvalue weighted by Gasteiger charge is 2.43. The van der Waals surface area contributed by atoms with Crippen molar-refractivity contribution < 1.29 is 19.4 Å². The molecule has 180 valence electrons. The van der Waals surface area contributed by atoms with Gasteiger partial charge in [0.25, 0.3) is 0 Å². The van der Waals surface area contributed by atoms with E-state index in [1.54, 1.807) is 18.3 Å². The lowest BCUT2D eigenvalue weighted by atomic mass is 9.72. The highest BCUT2D eigenvalue weighted by molar-refractivity contribution is 5.99. The third kappa shape index (κ3) is 3.76. The Morgan fingerprint density at radius 2 is 1.97 bits per heavy atom. The van der Waals surface area contributed by atoms with Gasteiger partial charge in [0.2, 0.25) is 0 Å². The molecule has 0 aliphatic heterocycles. The number of fused-ring (bicyclic) bond motifs is 2. The van der Waals surface area contributed by atoms with Crippen LogP contribution >= 0.6 is 0 Å². The predicted octanol–water partition coefficient (Wildman–Crippen LogP) is 5.31. The van der Waals surface area contributed by atoms with Gasteiger partial charge in [-0.05, 0) is 73.6 Å². The number of benzene rings is 2. The highest BCUT2D eigenvalue weighted by atomic mass is 19.1. The minimum absolute atomic E-state index is 0.00726. The molecule has 4 aromatic rings. The van der Waals surface area contributed by atoms with Crippen LogP contribution in [0.15, 0.2) is 42.6 Å². The summed E-state index contributed by atoms with van der Waals surface area (Å²) in [5.74, 6) is -1.53. The second-order valence-electron chi connectivity index (χ2n) is 10.2. The van der Waals surface area contributed by atoms with E-state index in [0.29, 0.717) is 12.8 Å². The summed E-state index contributed by atoms with van der Waals surface area (Å²) in [6, 6.07) is 12.7. The molecule has 2 aromatic carbocycles. The molecule has 2 aromatic heterocycles. The Bertz CT molecular complexity index is 1470. The lowest BCUT2D eigenvalue weighted by Crippen LogP contribution is -2.41. The molecule has 1 aliphatic carbocycles. The molecule has 2 heterocycles. The Balaban J connectivity index is 1.82. The number of H-pyrrole nitrogens is 1. The Kier molecular flexibility index (Phi) is 5.41. The molecule has 1 aliphatic rings. The fourth-order valence-corrected chi connectivity index (χ4v) is 5.57. The van der Waals surface area contributed by atoms with Crippen LogP contribution < -0.4 is 0 Å². The molecule has 5 rings (SSSR count). The molecule has 7 nitrogen and oxygen atoms in total. The van der Waals surface area contributed by atoms with E-state index in [1.165, 1.54) is 12.1 Å². The monoisotopic (exact) mass is 474 g/mol. The van der Waals surface area contributed by atoms with Gasteiger partial charge < -0.3 is 14.8 Å². The van der Waals surface area contributed by atoms with Gasteiger partial charge in [-0.1, -0.05) is 13.8 Å². The zero-order chi connectivity index (χ0) is 25.0. The van der Waals surface area contributed by atoms with Crippen LogP contribution in [0.4, 0.5) is 4.39 Å². The number of aromatic amines is 1. The first-order chi connectivity index (χ1) is 16.6. The third-order valence-corrected chi connectivity index (χ3v) is 7.43. The summed E-state index contributed by atoms with van der Waals surface area (Å²) in [6.07, 6.45) is 3.33. The number of hydrogen-bond donors (Lipinski definition) is 3. The lowest BCUT2D eigenvalue weighted by Gasteiger charge is -2.35. The largest absolute Gasteiger partial charge is 0.479 e. The molecule has 0 amide bonds. The van der Waals surface area contributed by atoms with Crippen molar-refractivity contribution in [1.29, 1.82) is 5.26 Å². The zero-order valence-electron chi connectivity index (χ0n) is 19.7. The van der Waals surface area contributed by atoms with Gasteiger partial charge in [-0.3, -0.25) is 5.10 Å². The van der Waals surface area contributed by atoms with Gasteiger partial charge >= 0.3 is 5.97 Å². The van der Waals surface area contributed by atoms with Gasteiger partial charge in [-0.25, -0.2) is 9.18 Å². The van der Waals surface area contributed by atoms with Crippen molar-refractivity contribution in [3.8, 4) is 11.8 Å². The van der Waals surface area contributed by atoms with E-state index >= 15 is 0 Å². The van der Waals surface area contributed by atoms with E-state index in [-0.39, 0.29) is 31.0 Å². The van der Waals surface area contributed by atoms with E-state index in [4.69, 9.17) is 0 Å². The van der Waals surface area contributed by atoms with Crippen molar-refractivity contribution >= 4 is 27.8 Å². The molecule has 0 spiro atoms.